The number of carbonyl (C=O) groups is 2. The molecule has 1 fully saturated rings. The predicted molar refractivity (Wildman–Crippen MR) is 150 cm³/mol. The van der Waals surface area contributed by atoms with Crippen LogP contribution in [0.4, 0.5) is 5.69 Å². The Morgan fingerprint density at radius 2 is 1.57 bits per heavy atom. The summed E-state index contributed by atoms with van der Waals surface area (Å²) in [6.45, 7) is 1.20. The van der Waals surface area contributed by atoms with E-state index in [-0.39, 0.29) is 29.2 Å². The van der Waals surface area contributed by atoms with Crippen molar-refractivity contribution in [3.05, 3.63) is 63.1 Å². The third-order valence-corrected chi connectivity index (χ3v) is 8.68. The third-order valence-electron chi connectivity index (χ3n) is 6.53. The van der Waals surface area contributed by atoms with Crippen LogP contribution in [0.25, 0.3) is 0 Å². The van der Waals surface area contributed by atoms with E-state index in [1.54, 1.807) is 36.4 Å². The molecular weight excluding hydrogens is 557 g/mol. The first-order chi connectivity index (χ1) is 17.5. The van der Waals surface area contributed by atoms with Gasteiger partial charge in [0.15, 0.2) is 0 Å². The largest absolute Gasteiger partial charge is 0.352 e. The molecule has 0 saturated heterocycles. The van der Waals surface area contributed by atoms with Crippen LogP contribution in [0, 0.1) is 0 Å². The number of amides is 2. The van der Waals surface area contributed by atoms with Crippen molar-refractivity contribution in [1.82, 2.24) is 10.2 Å². The second kappa shape index (κ2) is 13.2. The van der Waals surface area contributed by atoms with Gasteiger partial charge in [0.25, 0.3) is 0 Å². The minimum absolute atomic E-state index is 0.0480. The molecule has 0 aromatic heterocycles. The smallest absolute Gasteiger partial charge is 0.244 e. The normalized spacial score (nSPS) is 15.2. The van der Waals surface area contributed by atoms with E-state index in [9.17, 15) is 18.0 Å². The molecule has 0 bridgehead atoms. The van der Waals surface area contributed by atoms with Crippen LogP contribution in [0.5, 0.6) is 0 Å². The number of benzene rings is 2. The zero-order valence-electron chi connectivity index (χ0n) is 20.9. The summed E-state index contributed by atoms with van der Waals surface area (Å²) in [4.78, 5) is 28.6. The predicted octanol–water partition coefficient (Wildman–Crippen LogP) is 5.67. The van der Waals surface area contributed by atoms with E-state index in [0.717, 1.165) is 42.7 Å². The molecule has 11 heteroatoms. The summed E-state index contributed by atoms with van der Waals surface area (Å²) >= 11 is 19.1. The average Bonchev–Trinajstić information content (AvgIpc) is 2.84. The van der Waals surface area contributed by atoms with E-state index in [2.05, 4.69) is 5.32 Å². The number of nitrogens with zero attached hydrogens (tertiary/aromatic N) is 2. The van der Waals surface area contributed by atoms with Gasteiger partial charge in [-0.2, -0.15) is 0 Å². The monoisotopic (exact) mass is 587 g/mol. The fraction of sp³-hybridized carbons (Fsp3) is 0.462. The Kier molecular flexibility index (Phi) is 10.5. The summed E-state index contributed by atoms with van der Waals surface area (Å²) in [6.07, 6.45) is 6.33. The van der Waals surface area contributed by atoms with Crippen LogP contribution in [0.2, 0.25) is 15.1 Å². The van der Waals surface area contributed by atoms with Crippen molar-refractivity contribution < 1.29 is 18.0 Å². The number of hydrogen-bond acceptors (Lipinski definition) is 4. The average molecular weight is 589 g/mol. The van der Waals surface area contributed by atoms with Gasteiger partial charge >= 0.3 is 0 Å². The van der Waals surface area contributed by atoms with Gasteiger partial charge < -0.3 is 10.2 Å². The summed E-state index contributed by atoms with van der Waals surface area (Å²) in [7, 11) is -3.88. The van der Waals surface area contributed by atoms with Crippen molar-refractivity contribution in [2.24, 2.45) is 0 Å². The maximum Gasteiger partial charge on any atom is 0.244 e. The Labute approximate surface area is 234 Å². The van der Waals surface area contributed by atoms with Crippen molar-refractivity contribution >= 4 is 62.3 Å². The Bertz CT molecular complexity index is 1200. The Balaban J connectivity index is 1.97. The number of rotatable bonds is 10. The van der Waals surface area contributed by atoms with Crippen LogP contribution in [0.1, 0.15) is 51.0 Å². The number of anilines is 1. The van der Waals surface area contributed by atoms with Gasteiger partial charge in [-0.3, -0.25) is 13.9 Å². The molecule has 0 unspecified atom stereocenters. The van der Waals surface area contributed by atoms with Crippen molar-refractivity contribution in [2.75, 3.05) is 17.1 Å². The lowest BCUT2D eigenvalue weighted by atomic mass is 9.95. The molecule has 0 aliphatic heterocycles. The first-order valence-corrected chi connectivity index (χ1v) is 15.3. The molecule has 1 aliphatic rings. The maximum absolute atomic E-state index is 13.8. The summed E-state index contributed by atoms with van der Waals surface area (Å²) in [5.74, 6) is -0.860. The number of sulfonamides is 1. The molecule has 37 heavy (non-hydrogen) atoms. The molecule has 1 aliphatic carbocycles. The second-order valence-electron chi connectivity index (χ2n) is 9.21. The molecule has 2 aromatic rings. The topological polar surface area (TPSA) is 86.8 Å². The van der Waals surface area contributed by atoms with Crippen LogP contribution in [0.15, 0.2) is 42.5 Å². The molecular formula is C26H32Cl3N3O4S. The number of para-hydroxylation sites is 1. The zero-order chi connectivity index (χ0) is 27.2. The van der Waals surface area contributed by atoms with Gasteiger partial charge in [0, 0.05) is 28.2 Å². The van der Waals surface area contributed by atoms with E-state index in [1.807, 2.05) is 6.92 Å². The summed E-state index contributed by atoms with van der Waals surface area (Å²) in [5, 5.41) is 3.97. The molecule has 1 atom stereocenters. The SMILES string of the molecule is CC[C@H](C(=O)NC1CCCCC1)N(Cc1c(Cl)cccc1Cl)C(=O)CN(c1ccccc1Cl)S(C)(=O)=O. The maximum atomic E-state index is 13.8. The highest BCUT2D eigenvalue weighted by Crippen LogP contribution is 2.30. The minimum atomic E-state index is -3.88. The van der Waals surface area contributed by atoms with Crippen LogP contribution in [-0.2, 0) is 26.2 Å². The number of carbonyl (C=O) groups excluding carboxylic acids is 2. The van der Waals surface area contributed by atoms with E-state index in [0.29, 0.717) is 22.0 Å². The lowest BCUT2D eigenvalue weighted by Crippen LogP contribution is -2.54. The highest BCUT2D eigenvalue weighted by Gasteiger charge is 2.34. The lowest BCUT2D eigenvalue weighted by Gasteiger charge is -2.34. The van der Waals surface area contributed by atoms with Gasteiger partial charge in [-0.15, -0.1) is 0 Å². The van der Waals surface area contributed by atoms with Crippen molar-refractivity contribution in [3.8, 4) is 0 Å². The summed E-state index contributed by atoms with van der Waals surface area (Å²) in [5.41, 5.74) is 0.655. The number of nitrogens with one attached hydrogen (secondary N) is 1. The standard InChI is InChI=1S/C26H32Cl3N3O4S/c1-3-23(26(34)30-18-10-5-4-6-11-18)31(16-19-20(27)13-9-14-21(19)28)25(33)17-32(37(2,35)36)24-15-8-7-12-22(24)29/h7-9,12-15,18,23H,3-6,10-11,16-17H2,1-2H3,(H,30,34)/t23-/m1/s1. The molecule has 202 valence electrons. The van der Waals surface area contributed by atoms with Crippen molar-refractivity contribution in [1.29, 1.82) is 0 Å². The van der Waals surface area contributed by atoms with Crippen LogP contribution in [-0.4, -0.2) is 50.0 Å². The molecule has 1 saturated carbocycles. The van der Waals surface area contributed by atoms with Crippen molar-refractivity contribution in [2.45, 2.75) is 64.1 Å². The Morgan fingerprint density at radius 1 is 0.973 bits per heavy atom. The fourth-order valence-electron chi connectivity index (χ4n) is 4.57. The van der Waals surface area contributed by atoms with Gasteiger partial charge in [0.1, 0.15) is 12.6 Å². The highest BCUT2D eigenvalue weighted by atomic mass is 35.5. The number of halogens is 3. The quantitative estimate of drug-likeness (QED) is 0.388. The molecule has 2 aromatic carbocycles. The first kappa shape index (κ1) is 29.6. The van der Waals surface area contributed by atoms with E-state index < -0.39 is 28.5 Å². The summed E-state index contributed by atoms with van der Waals surface area (Å²) in [6, 6.07) is 10.6. The van der Waals surface area contributed by atoms with Gasteiger partial charge in [-0.1, -0.05) is 79.2 Å². The Morgan fingerprint density at radius 3 is 2.14 bits per heavy atom. The van der Waals surface area contributed by atoms with Crippen molar-refractivity contribution in [3.63, 3.8) is 0 Å². The van der Waals surface area contributed by atoms with Gasteiger partial charge in [-0.05, 0) is 43.5 Å². The summed E-state index contributed by atoms with van der Waals surface area (Å²) < 4.78 is 26.4. The van der Waals surface area contributed by atoms with E-state index >= 15 is 0 Å². The zero-order valence-corrected chi connectivity index (χ0v) is 24.0. The molecule has 3 rings (SSSR count). The van der Waals surface area contributed by atoms with Gasteiger partial charge in [-0.25, -0.2) is 8.42 Å². The highest BCUT2D eigenvalue weighted by molar-refractivity contribution is 7.92. The fourth-order valence-corrected chi connectivity index (χ4v) is 6.23. The molecule has 1 N–H and O–H groups in total. The Hall–Kier alpha value is -2.00. The van der Waals surface area contributed by atoms with Crippen LogP contribution >= 0.6 is 34.8 Å². The molecule has 0 radical (unpaired) electrons. The number of hydrogen-bond donors (Lipinski definition) is 1. The van der Waals surface area contributed by atoms with Crippen LogP contribution in [0.3, 0.4) is 0 Å². The van der Waals surface area contributed by atoms with Crippen LogP contribution < -0.4 is 9.62 Å². The van der Waals surface area contributed by atoms with E-state index in [4.69, 9.17) is 34.8 Å². The second-order valence-corrected chi connectivity index (χ2v) is 12.3. The molecule has 2 amide bonds. The van der Waals surface area contributed by atoms with Gasteiger partial charge in [0.2, 0.25) is 21.8 Å². The molecule has 0 heterocycles. The minimum Gasteiger partial charge on any atom is -0.352 e. The molecule has 7 nitrogen and oxygen atoms in total. The lowest BCUT2D eigenvalue weighted by molar-refractivity contribution is -0.140. The van der Waals surface area contributed by atoms with E-state index in [1.165, 1.54) is 11.0 Å². The third kappa shape index (κ3) is 7.76. The van der Waals surface area contributed by atoms with Gasteiger partial charge in [0.05, 0.1) is 17.0 Å². The molecule has 0 spiro atoms. The first-order valence-electron chi connectivity index (χ1n) is 12.3.